The normalized spacial score (nSPS) is 17.8. The molecule has 0 atom stereocenters. The molecular weight excluding hydrogens is 368 g/mol. The molecule has 1 fully saturated rings. The molecule has 0 aromatic heterocycles. The summed E-state index contributed by atoms with van der Waals surface area (Å²) in [5.41, 5.74) is 0.131. The van der Waals surface area contributed by atoms with E-state index in [-0.39, 0.29) is 17.0 Å². The van der Waals surface area contributed by atoms with Gasteiger partial charge in [-0.2, -0.15) is 4.39 Å². The minimum Gasteiger partial charge on any atom is -0.454 e. The van der Waals surface area contributed by atoms with E-state index >= 15 is 0 Å². The van der Waals surface area contributed by atoms with Crippen LogP contribution in [0, 0.1) is 24.4 Å². The zero-order valence-corrected chi connectivity index (χ0v) is 17.0. The fraction of sp³-hybridized carbons (Fsp3) is 0.429. The van der Waals surface area contributed by atoms with Crippen molar-refractivity contribution in [3.05, 3.63) is 52.8 Å². The van der Waals surface area contributed by atoms with Crippen LogP contribution in [0.15, 0.2) is 24.3 Å². The molecule has 0 saturated carbocycles. The third-order valence-electron chi connectivity index (χ3n) is 5.61. The second-order valence-corrected chi connectivity index (χ2v) is 8.01. The van der Waals surface area contributed by atoms with Gasteiger partial charge in [-0.15, -0.1) is 0 Å². The molecule has 2 aromatic rings. The monoisotopic (exact) mass is 392 g/mol. The lowest BCUT2D eigenvalue weighted by Gasteiger charge is -2.32. The Balaban J connectivity index is 1.90. The minimum atomic E-state index is -1.09. The Bertz CT molecular complexity index is 896. The standard InChI is InChI=1S/C21H24BF3O3/c1-7-13-10-17(24)18(25)19(12(13)2)26-14-8-9-15(16(23)11-14)22-27-20(3,4)21(5,6)28-22/h8-11H,7H2,1-6H3. The number of halogens is 3. The average Bonchev–Trinajstić information content (AvgIpc) is 2.82. The summed E-state index contributed by atoms with van der Waals surface area (Å²) in [5, 5.41) is 0. The summed E-state index contributed by atoms with van der Waals surface area (Å²) < 4.78 is 60.0. The highest BCUT2D eigenvalue weighted by atomic mass is 19.2. The summed E-state index contributed by atoms with van der Waals surface area (Å²) in [5.74, 6) is -2.87. The van der Waals surface area contributed by atoms with E-state index in [1.165, 1.54) is 12.1 Å². The predicted molar refractivity (Wildman–Crippen MR) is 103 cm³/mol. The van der Waals surface area contributed by atoms with Crippen molar-refractivity contribution in [3.63, 3.8) is 0 Å². The molecule has 1 saturated heterocycles. The summed E-state index contributed by atoms with van der Waals surface area (Å²) in [6.45, 7) is 11.0. The van der Waals surface area contributed by atoms with E-state index in [2.05, 4.69) is 0 Å². The van der Waals surface area contributed by atoms with Gasteiger partial charge in [-0.05, 0) is 64.3 Å². The number of hydrogen-bond donors (Lipinski definition) is 0. The van der Waals surface area contributed by atoms with Crippen LogP contribution in [0.4, 0.5) is 13.2 Å². The number of ether oxygens (including phenoxy) is 1. The van der Waals surface area contributed by atoms with Gasteiger partial charge in [0.1, 0.15) is 11.6 Å². The van der Waals surface area contributed by atoms with Gasteiger partial charge >= 0.3 is 7.12 Å². The fourth-order valence-corrected chi connectivity index (χ4v) is 3.08. The van der Waals surface area contributed by atoms with Crippen molar-refractivity contribution < 1.29 is 27.2 Å². The highest BCUT2D eigenvalue weighted by molar-refractivity contribution is 6.62. The summed E-state index contributed by atoms with van der Waals surface area (Å²) >= 11 is 0. The number of benzene rings is 2. The average molecular weight is 392 g/mol. The molecule has 0 aliphatic carbocycles. The van der Waals surface area contributed by atoms with E-state index in [4.69, 9.17) is 14.0 Å². The first-order valence-corrected chi connectivity index (χ1v) is 9.27. The van der Waals surface area contributed by atoms with Crippen LogP contribution in [0.25, 0.3) is 0 Å². The molecule has 0 unspecified atom stereocenters. The summed E-state index contributed by atoms with van der Waals surface area (Å²) in [6, 6.07) is 5.23. The minimum absolute atomic E-state index is 0.0624. The van der Waals surface area contributed by atoms with E-state index in [0.717, 1.165) is 12.1 Å². The molecule has 28 heavy (non-hydrogen) atoms. The van der Waals surface area contributed by atoms with Crippen molar-refractivity contribution in [1.29, 1.82) is 0 Å². The van der Waals surface area contributed by atoms with Gasteiger partial charge in [0, 0.05) is 11.5 Å². The van der Waals surface area contributed by atoms with Gasteiger partial charge in [0.05, 0.1) is 11.2 Å². The summed E-state index contributed by atoms with van der Waals surface area (Å²) in [6.07, 6.45) is 0.522. The Hall–Kier alpha value is -1.99. The Morgan fingerprint density at radius 3 is 2.11 bits per heavy atom. The van der Waals surface area contributed by atoms with E-state index < -0.39 is 35.8 Å². The Labute approximate surface area is 163 Å². The van der Waals surface area contributed by atoms with Crippen LogP contribution in [0.5, 0.6) is 11.5 Å². The van der Waals surface area contributed by atoms with Gasteiger partial charge in [-0.3, -0.25) is 0 Å². The van der Waals surface area contributed by atoms with E-state index in [0.29, 0.717) is 17.5 Å². The quantitative estimate of drug-likeness (QED) is 0.681. The Kier molecular flexibility index (Phi) is 5.27. The van der Waals surface area contributed by atoms with Crippen LogP contribution in [-0.2, 0) is 15.7 Å². The highest BCUT2D eigenvalue weighted by Gasteiger charge is 2.52. The molecule has 150 valence electrons. The third-order valence-corrected chi connectivity index (χ3v) is 5.61. The van der Waals surface area contributed by atoms with E-state index in [1.54, 1.807) is 6.92 Å². The van der Waals surface area contributed by atoms with Crippen molar-refractivity contribution in [2.24, 2.45) is 0 Å². The second-order valence-electron chi connectivity index (χ2n) is 8.01. The van der Waals surface area contributed by atoms with Crippen LogP contribution >= 0.6 is 0 Å². The first-order chi connectivity index (χ1) is 13.0. The van der Waals surface area contributed by atoms with Gasteiger partial charge in [0.2, 0.25) is 5.82 Å². The summed E-state index contributed by atoms with van der Waals surface area (Å²) in [4.78, 5) is 0. The zero-order chi connectivity index (χ0) is 20.9. The highest BCUT2D eigenvalue weighted by Crippen LogP contribution is 2.37. The zero-order valence-electron chi connectivity index (χ0n) is 17.0. The first-order valence-electron chi connectivity index (χ1n) is 9.27. The van der Waals surface area contributed by atoms with Crippen molar-refractivity contribution in [3.8, 4) is 11.5 Å². The summed E-state index contributed by atoms with van der Waals surface area (Å²) in [7, 11) is -0.863. The molecule has 3 nitrogen and oxygen atoms in total. The Morgan fingerprint density at radius 2 is 1.57 bits per heavy atom. The number of aryl methyl sites for hydroxylation is 1. The van der Waals surface area contributed by atoms with Crippen molar-refractivity contribution >= 4 is 12.6 Å². The molecule has 2 aromatic carbocycles. The molecular formula is C21H24BF3O3. The molecule has 0 bridgehead atoms. The molecule has 0 radical (unpaired) electrons. The lowest BCUT2D eigenvalue weighted by molar-refractivity contribution is 0.00578. The van der Waals surface area contributed by atoms with Gasteiger partial charge < -0.3 is 14.0 Å². The molecule has 0 spiro atoms. The van der Waals surface area contributed by atoms with Gasteiger partial charge in [0.25, 0.3) is 0 Å². The van der Waals surface area contributed by atoms with Gasteiger partial charge in [0.15, 0.2) is 11.6 Å². The lowest BCUT2D eigenvalue weighted by atomic mass is 9.78. The van der Waals surface area contributed by atoms with E-state index in [1.807, 2.05) is 34.6 Å². The second kappa shape index (κ2) is 7.12. The molecule has 7 heteroatoms. The number of hydrogen-bond acceptors (Lipinski definition) is 3. The molecule has 3 rings (SSSR count). The Morgan fingerprint density at radius 1 is 0.964 bits per heavy atom. The first kappa shape index (κ1) is 20.7. The van der Waals surface area contributed by atoms with Crippen molar-refractivity contribution in [1.82, 2.24) is 0 Å². The largest absolute Gasteiger partial charge is 0.497 e. The maximum atomic E-state index is 14.7. The van der Waals surface area contributed by atoms with Crippen molar-refractivity contribution in [2.75, 3.05) is 0 Å². The maximum Gasteiger partial charge on any atom is 0.497 e. The smallest absolute Gasteiger partial charge is 0.454 e. The van der Waals surface area contributed by atoms with Gasteiger partial charge in [-0.1, -0.05) is 13.0 Å². The van der Waals surface area contributed by atoms with E-state index in [9.17, 15) is 13.2 Å². The molecule has 1 aliphatic heterocycles. The lowest BCUT2D eigenvalue weighted by Crippen LogP contribution is -2.41. The predicted octanol–water partition coefficient (Wildman–Crippen LogP) is 5.07. The maximum absolute atomic E-state index is 14.7. The van der Waals surface area contributed by atoms with Crippen LogP contribution in [0.1, 0.15) is 45.7 Å². The molecule has 1 heterocycles. The fourth-order valence-electron chi connectivity index (χ4n) is 3.08. The third kappa shape index (κ3) is 3.53. The number of rotatable bonds is 4. The van der Waals surface area contributed by atoms with Gasteiger partial charge in [-0.25, -0.2) is 8.78 Å². The van der Waals surface area contributed by atoms with Crippen LogP contribution in [0.3, 0.4) is 0 Å². The van der Waals surface area contributed by atoms with Crippen LogP contribution < -0.4 is 10.2 Å². The topological polar surface area (TPSA) is 27.7 Å². The van der Waals surface area contributed by atoms with Crippen LogP contribution in [0.2, 0.25) is 0 Å². The van der Waals surface area contributed by atoms with Crippen LogP contribution in [-0.4, -0.2) is 18.3 Å². The SMILES string of the molecule is CCc1cc(F)c(F)c(Oc2ccc(B3OC(C)(C)C(C)(C)O3)c(F)c2)c1C. The molecule has 0 N–H and O–H groups in total. The molecule has 0 amide bonds. The van der Waals surface area contributed by atoms with Crippen molar-refractivity contribution in [2.45, 2.75) is 59.2 Å². The molecule has 1 aliphatic rings.